The third kappa shape index (κ3) is 4.00. The number of benzene rings is 1. The Morgan fingerprint density at radius 2 is 1.63 bits per heavy atom. The van der Waals surface area contributed by atoms with Crippen LogP contribution in [0.5, 0.6) is 0 Å². The molecule has 2 bridgehead atoms. The van der Waals surface area contributed by atoms with E-state index in [0.717, 1.165) is 44.0 Å². The molecule has 0 spiro atoms. The molecule has 0 radical (unpaired) electrons. The molecular weight excluding hydrogens is 478 g/mol. The van der Waals surface area contributed by atoms with Crippen LogP contribution in [0.2, 0.25) is 0 Å². The largest absolute Gasteiger partial charge is 0.435 e. The molecule has 2 fully saturated rings. The molecule has 2 saturated heterocycles. The van der Waals surface area contributed by atoms with Crippen molar-refractivity contribution < 1.29 is 31.1 Å². The molecule has 1 aromatic carbocycles. The quantitative estimate of drug-likeness (QED) is 0.480. The fraction of sp³-hybridized carbons (Fsp3) is 0.348. The normalized spacial score (nSPS) is 20.0. The molecule has 2 aromatic heterocycles. The summed E-state index contributed by atoms with van der Waals surface area (Å²) in [5.41, 5.74) is -5.47. The van der Waals surface area contributed by atoms with E-state index in [9.17, 15) is 35.9 Å². The number of halogens is 6. The number of carbonyl (C=O) groups is 1. The molecule has 2 aliphatic heterocycles. The van der Waals surface area contributed by atoms with Crippen LogP contribution in [0.3, 0.4) is 0 Å². The first-order valence-electron chi connectivity index (χ1n) is 10.8. The molecule has 0 unspecified atom stereocenters. The van der Waals surface area contributed by atoms with Crippen molar-refractivity contribution >= 4 is 28.3 Å². The monoisotopic (exact) mass is 496 g/mol. The third-order valence-corrected chi connectivity index (χ3v) is 6.57. The van der Waals surface area contributed by atoms with Gasteiger partial charge in [-0.3, -0.25) is 9.59 Å². The number of aromatic amines is 1. The van der Waals surface area contributed by atoms with Crippen LogP contribution in [0.4, 0.5) is 37.8 Å². The number of rotatable bonds is 3. The van der Waals surface area contributed by atoms with Gasteiger partial charge in [-0.2, -0.15) is 26.3 Å². The predicted octanol–water partition coefficient (Wildman–Crippen LogP) is 5.34. The Balaban J connectivity index is 1.52. The number of anilines is 2. The van der Waals surface area contributed by atoms with Crippen molar-refractivity contribution in [3.63, 3.8) is 0 Å². The fourth-order valence-electron chi connectivity index (χ4n) is 5.06. The van der Waals surface area contributed by atoms with Gasteiger partial charge in [0.1, 0.15) is 11.4 Å². The van der Waals surface area contributed by atoms with Crippen molar-refractivity contribution in [2.24, 2.45) is 0 Å². The highest BCUT2D eigenvalue weighted by atomic mass is 19.4. The van der Waals surface area contributed by atoms with E-state index in [1.807, 2.05) is 10.2 Å². The molecule has 184 valence electrons. The molecular formula is C23H18F6N4O2. The van der Waals surface area contributed by atoms with Crippen molar-refractivity contribution in [2.75, 3.05) is 10.2 Å². The Labute approximate surface area is 194 Å². The fourth-order valence-corrected chi connectivity index (χ4v) is 5.06. The van der Waals surface area contributed by atoms with Gasteiger partial charge in [0.15, 0.2) is 5.69 Å². The Kier molecular flexibility index (Phi) is 5.29. The minimum absolute atomic E-state index is 0.119. The minimum Gasteiger partial charge on any atom is -0.360 e. The Bertz CT molecular complexity index is 1360. The van der Waals surface area contributed by atoms with Crippen molar-refractivity contribution in [3.05, 3.63) is 63.6 Å². The highest BCUT2D eigenvalue weighted by molar-refractivity contribution is 6.06. The molecule has 0 aliphatic carbocycles. The summed E-state index contributed by atoms with van der Waals surface area (Å²) in [6, 6.07) is 5.67. The summed E-state index contributed by atoms with van der Waals surface area (Å²) in [5.74, 6) is -1.13. The van der Waals surface area contributed by atoms with Crippen LogP contribution in [-0.2, 0) is 12.4 Å². The van der Waals surface area contributed by atoms with Gasteiger partial charge in [-0.05, 0) is 49.9 Å². The molecule has 35 heavy (non-hydrogen) atoms. The number of nitrogens with zero attached hydrogens (tertiary/aromatic N) is 2. The van der Waals surface area contributed by atoms with Crippen LogP contribution in [0.15, 0.2) is 41.3 Å². The number of alkyl halides is 6. The van der Waals surface area contributed by atoms with E-state index >= 15 is 0 Å². The molecule has 0 saturated carbocycles. The molecule has 6 nitrogen and oxygen atoms in total. The minimum atomic E-state index is -4.92. The first kappa shape index (κ1) is 23.2. The maximum atomic E-state index is 13.8. The van der Waals surface area contributed by atoms with E-state index < -0.39 is 51.6 Å². The molecule has 5 rings (SSSR count). The van der Waals surface area contributed by atoms with E-state index in [1.54, 1.807) is 0 Å². The van der Waals surface area contributed by atoms with E-state index in [0.29, 0.717) is 6.07 Å². The SMILES string of the molecule is O=C(Nc1ccc(N2C3CCC2CC3)nc1C(F)(F)F)c1c[nH]c2cccc(C(F)(F)F)c2c1=O. The van der Waals surface area contributed by atoms with Crippen LogP contribution in [0.25, 0.3) is 10.9 Å². The van der Waals surface area contributed by atoms with Gasteiger partial charge in [-0.25, -0.2) is 4.98 Å². The average molecular weight is 496 g/mol. The lowest BCUT2D eigenvalue weighted by Crippen LogP contribution is -2.30. The van der Waals surface area contributed by atoms with Crippen molar-refractivity contribution in [1.29, 1.82) is 0 Å². The van der Waals surface area contributed by atoms with Gasteiger partial charge >= 0.3 is 12.4 Å². The summed E-state index contributed by atoms with van der Waals surface area (Å²) in [6.07, 6.45) is -5.44. The molecule has 2 aliphatic rings. The second-order valence-corrected chi connectivity index (χ2v) is 8.64. The van der Waals surface area contributed by atoms with Gasteiger partial charge in [-0.1, -0.05) is 6.07 Å². The number of amides is 1. The van der Waals surface area contributed by atoms with Crippen molar-refractivity contribution in [1.82, 2.24) is 9.97 Å². The van der Waals surface area contributed by atoms with Gasteiger partial charge in [0.2, 0.25) is 5.43 Å². The van der Waals surface area contributed by atoms with E-state index in [1.165, 1.54) is 12.1 Å². The summed E-state index contributed by atoms with van der Waals surface area (Å²) in [6.45, 7) is 0. The lowest BCUT2D eigenvalue weighted by Gasteiger charge is -2.25. The van der Waals surface area contributed by atoms with Crippen molar-refractivity contribution in [3.8, 4) is 0 Å². The standard InChI is InChI=1S/C23H18F6N4O2/c24-22(25,26)14-2-1-3-15-18(14)19(34)13(10-30-15)21(35)31-16-8-9-17(32-20(16)23(27,28)29)33-11-4-5-12(33)7-6-11/h1-3,8-12H,4-7H2,(H,30,34)(H,31,35). The number of fused-ring (bicyclic) bond motifs is 3. The molecule has 1 amide bonds. The predicted molar refractivity (Wildman–Crippen MR) is 115 cm³/mol. The number of hydrogen-bond acceptors (Lipinski definition) is 4. The van der Waals surface area contributed by atoms with Crippen LogP contribution < -0.4 is 15.6 Å². The van der Waals surface area contributed by atoms with Crippen LogP contribution in [0.1, 0.15) is 47.3 Å². The molecule has 4 heterocycles. The number of carbonyl (C=O) groups excluding carboxylic acids is 1. The highest BCUT2D eigenvalue weighted by Crippen LogP contribution is 2.42. The summed E-state index contributed by atoms with van der Waals surface area (Å²) < 4.78 is 81.7. The van der Waals surface area contributed by atoms with Gasteiger partial charge in [0.05, 0.1) is 16.6 Å². The van der Waals surface area contributed by atoms with Crippen LogP contribution >= 0.6 is 0 Å². The van der Waals surface area contributed by atoms with E-state index in [2.05, 4.69) is 9.97 Å². The number of aromatic nitrogens is 2. The number of hydrogen-bond donors (Lipinski definition) is 2. The Morgan fingerprint density at radius 3 is 2.23 bits per heavy atom. The van der Waals surface area contributed by atoms with E-state index in [-0.39, 0.29) is 23.4 Å². The first-order valence-corrected chi connectivity index (χ1v) is 10.8. The van der Waals surface area contributed by atoms with Gasteiger partial charge in [-0.15, -0.1) is 0 Å². The summed E-state index contributed by atoms with van der Waals surface area (Å²) in [7, 11) is 0. The van der Waals surface area contributed by atoms with Gasteiger partial charge < -0.3 is 15.2 Å². The summed E-state index contributed by atoms with van der Waals surface area (Å²) in [5, 5.41) is 1.24. The second kappa shape index (κ2) is 7.99. The van der Waals surface area contributed by atoms with E-state index in [4.69, 9.17) is 0 Å². The maximum absolute atomic E-state index is 13.8. The van der Waals surface area contributed by atoms with Crippen LogP contribution in [-0.4, -0.2) is 28.0 Å². The topological polar surface area (TPSA) is 78.1 Å². The Hall–Kier alpha value is -3.57. The summed E-state index contributed by atoms with van der Waals surface area (Å²) >= 11 is 0. The smallest absolute Gasteiger partial charge is 0.360 e. The molecule has 3 aromatic rings. The zero-order valence-corrected chi connectivity index (χ0v) is 17.9. The Morgan fingerprint density at radius 1 is 0.971 bits per heavy atom. The number of pyridine rings is 2. The average Bonchev–Trinajstić information content (AvgIpc) is 3.38. The second-order valence-electron chi connectivity index (χ2n) is 8.64. The van der Waals surface area contributed by atoms with Gasteiger partial charge in [0, 0.05) is 23.8 Å². The lowest BCUT2D eigenvalue weighted by atomic mass is 10.0. The number of nitrogens with one attached hydrogen (secondary N) is 2. The zero-order chi connectivity index (χ0) is 25.1. The number of H-pyrrole nitrogens is 1. The third-order valence-electron chi connectivity index (χ3n) is 6.57. The first-order chi connectivity index (χ1) is 16.4. The lowest BCUT2D eigenvalue weighted by molar-refractivity contribution is -0.140. The summed E-state index contributed by atoms with van der Waals surface area (Å²) in [4.78, 5) is 33.6. The van der Waals surface area contributed by atoms with Crippen LogP contribution in [0, 0.1) is 0 Å². The highest BCUT2D eigenvalue weighted by Gasteiger charge is 2.42. The molecule has 2 N–H and O–H groups in total. The zero-order valence-electron chi connectivity index (χ0n) is 17.9. The maximum Gasteiger partial charge on any atom is 0.435 e. The van der Waals surface area contributed by atoms with Crippen molar-refractivity contribution in [2.45, 2.75) is 50.1 Å². The molecule has 12 heteroatoms. The van der Waals surface area contributed by atoms with Gasteiger partial charge in [0.25, 0.3) is 5.91 Å². The molecule has 0 atom stereocenters.